The molecule has 1 unspecified atom stereocenters. The van der Waals surface area contributed by atoms with Crippen LogP contribution >= 0.6 is 0 Å². The third-order valence-corrected chi connectivity index (χ3v) is 7.65. The number of anilines is 1. The van der Waals surface area contributed by atoms with Crippen molar-refractivity contribution in [2.24, 2.45) is 0 Å². The smallest absolute Gasteiger partial charge is 0.135 e. The van der Waals surface area contributed by atoms with Gasteiger partial charge in [0.05, 0.1) is 19.9 Å². The molecule has 2 fully saturated rings. The number of benzene rings is 1. The van der Waals surface area contributed by atoms with E-state index in [1.807, 2.05) is 12.1 Å². The predicted octanol–water partition coefficient (Wildman–Crippen LogP) is 3.29. The molecule has 3 heterocycles. The Labute approximate surface area is 191 Å². The van der Waals surface area contributed by atoms with Crippen LogP contribution < -0.4 is 14.4 Å². The normalized spacial score (nSPS) is 21.0. The molecule has 1 atom stereocenters. The van der Waals surface area contributed by atoms with Crippen molar-refractivity contribution in [3.63, 3.8) is 0 Å². The van der Waals surface area contributed by atoms with Crippen LogP contribution in [-0.2, 0) is 13.0 Å². The third-order valence-electron chi connectivity index (χ3n) is 7.65. The second kappa shape index (κ2) is 9.24. The molecule has 5 rings (SSSR count). The number of aromatic nitrogens is 2. The standard InChI is InChI=1S/C25H35N5O2/c1-18(22-15-20(31-2)7-8-24(22)32-3)30-10-9-21-23(16-30)26-17-27-25(21)29-13-11-28(12-14-29)19-5-4-6-19/h7-8,15,17-19H,4-6,9-14,16H2,1-3H3. The molecule has 3 aliphatic rings. The second-order valence-corrected chi connectivity index (χ2v) is 9.23. The number of methoxy groups -OCH3 is 2. The molecular formula is C25H35N5O2. The van der Waals surface area contributed by atoms with Gasteiger partial charge in [-0.3, -0.25) is 9.80 Å². The molecule has 0 spiro atoms. The summed E-state index contributed by atoms with van der Waals surface area (Å²) >= 11 is 0. The second-order valence-electron chi connectivity index (χ2n) is 9.23. The molecule has 1 aliphatic carbocycles. The van der Waals surface area contributed by atoms with Crippen molar-refractivity contribution < 1.29 is 9.47 Å². The fourth-order valence-electron chi connectivity index (χ4n) is 5.37. The zero-order valence-electron chi connectivity index (χ0n) is 19.6. The molecule has 7 nitrogen and oxygen atoms in total. The molecule has 1 saturated carbocycles. The number of nitrogens with zero attached hydrogens (tertiary/aromatic N) is 5. The summed E-state index contributed by atoms with van der Waals surface area (Å²) in [5, 5.41) is 0. The zero-order chi connectivity index (χ0) is 22.1. The average Bonchev–Trinajstić information content (AvgIpc) is 2.82. The average molecular weight is 438 g/mol. The molecule has 1 saturated heterocycles. The molecule has 0 radical (unpaired) electrons. The predicted molar refractivity (Wildman–Crippen MR) is 126 cm³/mol. The van der Waals surface area contributed by atoms with Gasteiger partial charge in [-0.25, -0.2) is 9.97 Å². The van der Waals surface area contributed by atoms with E-state index >= 15 is 0 Å². The molecule has 32 heavy (non-hydrogen) atoms. The monoisotopic (exact) mass is 437 g/mol. The summed E-state index contributed by atoms with van der Waals surface area (Å²) in [5.41, 5.74) is 3.65. The van der Waals surface area contributed by atoms with Crippen LogP contribution in [0, 0.1) is 0 Å². The lowest BCUT2D eigenvalue weighted by atomic mass is 9.91. The summed E-state index contributed by atoms with van der Waals surface area (Å²) in [5.74, 6) is 2.92. The van der Waals surface area contributed by atoms with E-state index < -0.39 is 0 Å². The largest absolute Gasteiger partial charge is 0.497 e. The highest BCUT2D eigenvalue weighted by atomic mass is 16.5. The van der Waals surface area contributed by atoms with Gasteiger partial charge in [-0.1, -0.05) is 6.42 Å². The van der Waals surface area contributed by atoms with Crippen LogP contribution in [0.2, 0.25) is 0 Å². The lowest BCUT2D eigenvalue weighted by Gasteiger charge is -2.44. The van der Waals surface area contributed by atoms with Crippen LogP contribution in [0.5, 0.6) is 11.5 Å². The molecule has 1 aromatic heterocycles. The molecule has 2 aromatic rings. The van der Waals surface area contributed by atoms with Gasteiger partial charge < -0.3 is 14.4 Å². The highest BCUT2D eigenvalue weighted by molar-refractivity contribution is 5.50. The highest BCUT2D eigenvalue weighted by Crippen LogP contribution is 2.36. The molecule has 2 aliphatic heterocycles. The van der Waals surface area contributed by atoms with Gasteiger partial charge in [0, 0.05) is 62.5 Å². The van der Waals surface area contributed by atoms with E-state index in [0.29, 0.717) is 0 Å². The van der Waals surface area contributed by atoms with E-state index in [4.69, 9.17) is 19.4 Å². The molecule has 1 aromatic carbocycles. The zero-order valence-corrected chi connectivity index (χ0v) is 19.6. The van der Waals surface area contributed by atoms with Crippen molar-refractivity contribution in [3.05, 3.63) is 41.3 Å². The van der Waals surface area contributed by atoms with Gasteiger partial charge in [0.1, 0.15) is 23.6 Å². The Bertz CT molecular complexity index is 940. The number of hydrogen-bond acceptors (Lipinski definition) is 7. The minimum absolute atomic E-state index is 0.206. The minimum Gasteiger partial charge on any atom is -0.497 e. The molecule has 7 heteroatoms. The first-order valence-corrected chi connectivity index (χ1v) is 12.0. The molecule has 0 bridgehead atoms. The van der Waals surface area contributed by atoms with E-state index in [2.05, 4.69) is 27.7 Å². The van der Waals surface area contributed by atoms with Gasteiger partial charge in [-0.15, -0.1) is 0 Å². The summed E-state index contributed by atoms with van der Waals surface area (Å²) in [6.07, 6.45) is 6.91. The minimum atomic E-state index is 0.206. The van der Waals surface area contributed by atoms with Gasteiger partial charge in [0.15, 0.2) is 0 Å². The Morgan fingerprint density at radius 1 is 1.00 bits per heavy atom. The van der Waals surface area contributed by atoms with Gasteiger partial charge in [0.2, 0.25) is 0 Å². The lowest BCUT2D eigenvalue weighted by molar-refractivity contribution is 0.120. The third kappa shape index (κ3) is 4.04. The first kappa shape index (κ1) is 21.5. The lowest BCUT2D eigenvalue weighted by Crippen LogP contribution is -2.52. The van der Waals surface area contributed by atoms with E-state index in [-0.39, 0.29) is 6.04 Å². The molecule has 0 amide bonds. The first-order chi connectivity index (χ1) is 15.7. The van der Waals surface area contributed by atoms with E-state index in [9.17, 15) is 0 Å². The quantitative estimate of drug-likeness (QED) is 0.687. The highest BCUT2D eigenvalue weighted by Gasteiger charge is 2.31. The van der Waals surface area contributed by atoms with Crippen molar-refractivity contribution >= 4 is 5.82 Å². The maximum Gasteiger partial charge on any atom is 0.135 e. The van der Waals surface area contributed by atoms with Crippen LogP contribution in [0.15, 0.2) is 24.5 Å². The van der Waals surface area contributed by atoms with Crippen molar-refractivity contribution in [1.82, 2.24) is 19.8 Å². The summed E-state index contributed by atoms with van der Waals surface area (Å²) in [4.78, 5) is 17.1. The number of piperazine rings is 1. The summed E-state index contributed by atoms with van der Waals surface area (Å²) in [7, 11) is 3.44. The fourth-order valence-corrected chi connectivity index (χ4v) is 5.37. The Balaban J connectivity index is 1.31. The number of fused-ring (bicyclic) bond motifs is 1. The summed E-state index contributed by atoms with van der Waals surface area (Å²) in [6.45, 7) is 8.50. The Morgan fingerprint density at radius 2 is 1.81 bits per heavy atom. The fraction of sp³-hybridized carbons (Fsp3) is 0.600. The maximum atomic E-state index is 5.64. The molecular weight excluding hydrogens is 402 g/mol. The Hall–Kier alpha value is -2.38. The van der Waals surface area contributed by atoms with Crippen LogP contribution in [0.4, 0.5) is 5.82 Å². The number of rotatable bonds is 6. The van der Waals surface area contributed by atoms with Crippen LogP contribution in [0.3, 0.4) is 0 Å². The molecule has 172 valence electrons. The summed E-state index contributed by atoms with van der Waals surface area (Å²) < 4.78 is 11.1. The Morgan fingerprint density at radius 3 is 2.50 bits per heavy atom. The topological polar surface area (TPSA) is 54.0 Å². The number of ether oxygens (including phenoxy) is 2. The SMILES string of the molecule is COc1ccc(OC)c(C(C)N2CCc3c(ncnc3N3CCN(C4CCC4)CC3)C2)c1. The van der Waals surface area contributed by atoms with E-state index in [1.165, 1.54) is 24.8 Å². The van der Waals surface area contributed by atoms with Crippen molar-refractivity contribution in [2.75, 3.05) is 51.8 Å². The van der Waals surface area contributed by atoms with Crippen molar-refractivity contribution in [1.29, 1.82) is 0 Å². The van der Waals surface area contributed by atoms with Crippen LogP contribution in [0.1, 0.15) is 49.0 Å². The van der Waals surface area contributed by atoms with E-state index in [1.54, 1.807) is 20.5 Å². The van der Waals surface area contributed by atoms with Crippen LogP contribution in [0.25, 0.3) is 0 Å². The van der Waals surface area contributed by atoms with E-state index in [0.717, 1.165) is 80.3 Å². The van der Waals surface area contributed by atoms with Crippen molar-refractivity contribution in [2.45, 2.75) is 51.2 Å². The maximum absolute atomic E-state index is 5.64. The molecule has 0 N–H and O–H groups in total. The summed E-state index contributed by atoms with van der Waals surface area (Å²) in [6, 6.07) is 7.07. The van der Waals surface area contributed by atoms with Gasteiger partial charge in [-0.2, -0.15) is 0 Å². The van der Waals surface area contributed by atoms with Crippen molar-refractivity contribution in [3.8, 4) is 11.5 Å². The van der Waals surface area contributed by atoms with Gasteiger partial charge >= 0.3 is 0 Å². The first-order valence-electron chi connectivity index (χ1n) is 12.0. The van der Waals surface area contributed by atoms with Crippen LogP contribution in [-0.4, -0.2) is 72.8 Å². The van der Waals surface area contributed by atoms with Gasteiger partial charge in [0.25, 0.3) is 0 Å². The Kier molecular flexibility index (Phi) is 6.20. The number of hydrogen-bond donors (Lipinski definition) is 0. The van der Waals surface area contributed by atoms with Gasteiger partial charge in [-0.05, 0) is 44.4 Å².